The van der Waals surface area contributed by atoms with Crippen molar-refractivity contribution >= 4 is 0 Å². The quantitative estimate of drug-likeness (QED) is 0.882. The van der Waals surface area contributed by atoms with Gasteiger partial charge in [0, 0.05) is 17.5 Å². The SMILES string of the molecule is Cc1ccc(-c2nc(C(C)(C)CN)co2)cc1. The maximum Gasteiger partial charge on any atom is 0.226 e. The molecule has 0 spiro atoms. The van der Waals surface area contributed by atoms with Crippen molar-refractivity contribution in [2.24, 2.45) is 5.73 Å². The normalized spacial score (nSPS) is 11.8. The van der Waals surface area contributed by atoms with Crippen LogP contribution >= 0.6 is 0 Å². The number of rotatable bonds is 3. The highest BCUT2D eigenvalue weighted by atomic mass is 16.3. The van der Waals surface area contributed by atoms with Crippen LogP contribution < -0.4 is 5.73 Å². The highest BCUT2D eigenvalue weighted by Gasteiger charge is 2.23. The molecule has 0 aliphatic rings. The number of aryl methyl sites for hydroxylation is 1. The van der Waals surface area contributed by atoms with Crippen LogP contribution in [0.4, 0.5) is 0 Å². The zero-order chi connectivity index (χ0) is 12.5. The van der Waals surface area contributed by atoms with Gasteiger partial charge in [-0.15, -0.1) is 0 Å². The molecule has 3 heteroatoms. The molecule has 1 aromatic carbocycles. The first-order valence-electron chi connectivity index (χ1n) is 5.76. The number of nitrogens with two attached hydrogens (primary N) is 1. The molecule has 0 aliphatic carbocycles. The smallest absolute Gasteiger partial charge is 0.226 e. The van der Waals surface area contributed by atoms with Gasteiger partial charge >= 0.3 is 0 Å². The molecular weight excluding hydrogens is 212 g/mol. The summed E-state index contributed by atoms with van der Waals surface area (Å²) in [6.45, 7) is 6.72. The summed E-state index contributed by atoms with van der Waals surface area (Å²) in [5.74, 6) is 0.654. The third-order valence-electron chi connectivity index (χ3n) is 3.01. The van der Waals surface area contributed by atoms with Crippen molar-refractivity contribution in [3.05, 3.63) is 41.8 Å². The average Bonchev–Trinajstić information content (AvgIpc) is 2.80. The number of oxazole rings is 1. The first-order valence-corrected chi connectivity index (χ1v) is 5.76. The van der Waals surface area contributed by atoms with E-state index in [1.165, 1.54) is 5.56 Å². The third kappa shape index (κ3) is 2.39. The molecule has 0 fully saturated rings. The van der Waals surface area contributed by atoms with Crippen molar-refractivity contribution in [2.45, 2.75) is 26.2 Å². The van der Waals surface area contributed by atoms with Gasteiger partial charge in [-0.25, -0.2) is 4.98 Å². The van der Waals surface area contributed by atoms with E-state index >= 15 is 0 Å². The highest BCUT2D eigenvalue weighted by molar-refractivity contribution is 5.53. The minimum atomic E-state index is -0.146. The van der Waals surface area contributed by atoms with Crippen molar-refractivity contribution in [3.8, 4) is 11.5 Å². The fourth-order valence-electron chi connectivity index (χ4n) is 1.52. The van der Waals surface area contributed by atoms with Gasteiger partial charge < -0.3 is 10.2 Å². The monoisotopic (exact) mass is 230 g/mol. The Morgan fingerprint density at radius 2 is 1.88 bits per heavy atom. The fraction of sp³-hybridized carbons (Fsp3) is 0.357. The lowest BCUT2D eigenvalue weighted by molar-refractivity contribution is 0.512. The Morgan fingerprint density at radius 1 is 1.24 bits per heavy atom. The highest BCUT2D eigenvalue weighted by Crippen LogP contribution is 2.25. The van der Waals surface area contributed by atoms with Crippen molar-refractivity contribution in [2.75, 3.05) is 6.54 Å². The lowest BCUT2D eigenvalue weighted by Crippen LogP contribution is -2.28. The van der Waals surface area contributed by atoms with Crippen molar-refractivity contribution in [1.82, 2.24) is 4.98 Å². The zero-order valence-corrected chi connectivity index (χ0v) is 10.5. The molecule has 1 aromatic heterocycles. The van der Waals surface area contributed by atoms with Gasteiger partial charge in [-0.3, -0.25) is 0 Å². The fourth-order valence-corrected chi connectivity index (χ4v) is 1.52. The second-order valence-electron chi connectivity index (χ2n) is 4.99. The van der Waals surface area contributed by atoms with Crippen LogP contribution in [0.2, 0.25) is 0 Å². The van der Waals surface area contributed by atoms with Crippen LogP contribution in [0.3, 0.4) is 0 Å². The molecule has 2 N–H and O–H groups in total. The maximum atomic E-state index is 5.72. The van der Waals surface area contributed by atoms with Crippen LogP contribution in [0.5, 0.6) is 0 Å². The summed E-state index contributed by atoms with van der Waals surface area (Å²) in [5.41, 5.74) is 8.70. The summed E-state index contributed by atoms with van der Waals surface area (Å²) in [6, 6.07) is 8.13. The van der Waals surface area contributed by atoms with Crippen molar-refractivity contribution in [3.63, 3.8) is 0 Å². The van der Waals surface area contributed by atoms with E-state index in [1.807, 2.05) is 24.3 Å². The minimum Gasteiger partial charge on any atom is -0.444 e. The molecule has 0 amide bonds. The molecule has 0 saturated heterocycles. The van der Waals surface area contributed by atoms with Crippen LogP contribution in [0.1, 0.15) is 25.1 Å². The van der Waals surface area contributed by atoms with Gasteiger partial charge in [-0.1, -0.05) is 31.5 Å². The van der Waals surface area contributed by atoms with E-state index < -0.39 is 0 Å². The molecule has 2 rings (SSSR count). The second kappa shape index (κ2) is 4.34. The predicted octanol–water partition coefficient (Wildman–Crippen LogP) is 2.89. The van der Waals surface area contributed by atoms with Gasteiger partial charge in [-0.2, -0.15) is 0 Å². The van der Waals surface area contributed by atoms with Gasteiger partial charge in [0.2, 0.25) is 5.89 Å². The summed E-state index contributed by atoms with van der Waals surface area (Å²) < 4.78 is 5.51. The Bertz CT molecular complexity index is 497. The molecule has 0 bridgehead atoms. The molecule has 2 aromatic rings. The van der Waals surface area contributed by atoms with Crippen LogP contribution in [0.25, 0.3) is 11.5 Å². The first-order chi connectivity index (χ1) is 8.03. The molecule has 0 radical (unpaired) electrons. The minimum absolute atomic E-state index is 0.146. The van der Waals surface area contributed by atoms with E-state index in [-0.39, 0.29) is 5.41 Å². The maximum absolute atomic E-state index is 5.72. The number of hydrogen-bond donors (Lipinski definition) is 1. The molecule has 0 atom stereocenters. The van der Waals surface area contributed by atoms with E-state index in [4.69, 9.17) is 10.2 Å². The molecule has 90 valence electrons. The summed E-state index contributed by atoms with van der Waals surface area (Å²) >= 11 is 0. The number of benzene rings is 1. The number of hydrogen-bond acceptors (Lipinski definition) is 3. The van der Waals surface area contributed by atoms with Crippen molar-refractivity contribution < 1.29 is 4.42 Å². The number of aromatic nitrogens is 1. The molecule has 1 heterocycles. The molecule has 0 unspecified atom stereocenters. The van der Waals surface area contributed by atoms with Crippen LogP contribution in [-0.2, 0) is 5.41 Å². The van der Waals surface area contributed by atoms with Gasteiger partial charge in [-0.05, 0) is 19.1 Å². The summed E-state index contributed by atoms with van der Waals surface area (Å²) in [6.07, 6.45) is 1.70. The Kier molecular flexibility index (Phi) is 3.03. The number of nitrogens with zero attached hydrogens (tertiary/aromatic N) is 1. The van der Waals surface area contributed by atoms with E-state index in [1.54, 1.807) is 6.26 Å². The zero-order valence-electron chi connectivity index (χ0n) is 10.5. The predicted molar refractivity (Wildman–Crippen MR) is 68.8 cm³/mol. The molecule has 3 nitrogen and oxygen atoms in total. The summed E-state index contributed by atoms with van der Waals surface area (Å²) in [7, 11) is 0. The molecule has 0 saturated carbocycles. The van der Waals surface area contributed by atoms with E-state index in [2.05, 4.69) is 25.8 Å². The van der Waals surface area contributed by atoms with Crippen molar-refractivity contribution in [1.29, 1.82) is 0 Å². The first kappa shape index (κ1) is 11.9. The van der Waals surface area contributed by atoms with Gasteiger partial charge in [0.1, 0.15) is 6.26 Å². The second-order valence-corrected chi connectivity index (χ2v) is 4.99. The standard InChI is InChI=1S/C14H18N2O/c1-10-4-6-11(7-5-10)13-16-12(8-17-13)14(2,3)9-15/h4-8H,9,15H2,1-3H3. The molecule has 0 aliphatic heterocycles. The third-order valence-corrected chi connectivity index (χ3v) is 3.01. The Hall–Kier alpha value is -1.61. The Morgan fingerprint density at radius 3 is 2.47 bits per heavy atom. The van der Waals surface area contributed by atoms with Crippen LogP contribution in [0.15, 0.2) is 34.9 Å². The van der Waals surface area contributed by atoms with Crippen LogP contribution in [0, 0.1) is 6.92 Å². The van der Waals surface area contributed by atoms with Gasteiger partial charge in [0.15, 0.2) is 0 Å². The van der Waals surface area contributed by atoms with Gasteiger partial charge in [0.05, 0.1) is 5.69 Å². The van der Waals surface area contributed by atoms with Gasteiger partial charge in [0.25, 0.3) is 0 Å². The van der Waals surface area contributed by atoms with E-state index in [0.717, 1.165) is 11.3 Å². The largest absolute Gasteiger partial charge is 0.444 e. The van der Waals surface area contributed by atoms with E-state index in [0.29, 0.717) is 12.4 Å². The lowest BCUT2D eigenvalue weighted by atomic mass is 9.90. The topological polar surface area (TPSA) is 52.0 Å². The van der Waals surface area contributed by atoms with E-state index in [9.17, 15) is 0 Å². The van der Waals surface area contributed by atoms with Crippen LogP contribution in [-0.4, -0.2) is 11.5 Å². The average molecular weight is 230 g/mol. The Balaban J connectivity index is 2.33. The molecule has 17 heavy (non-hydrogen) atoms. The Labute approximate surface area is 102 Å². The summed E-state index contributed by atoms with van der Waals surface area (Å²) in [4.78, 5) is 4.51. The molecular formula is C14H18N2O. The summed E-state index contributed by atoms with van der Waals surface area (Å²) in [5, 5.41) is 0. The lowest BCUT2D eigenvalue weighted by Gasteiger charge is -2.18.